The fourth-order valence-corrected chi connectivity index (χ4v) is 2.90. The summed E-state index contributed by atoms with van der Waals surface area (Å²) in [6, 6.07) is 10.2. The lowest BCUT2D eigenvalue weighted by atomic mass is 9.98. The summed E-state index contributed by atoms with van der Waals surface area (Å²) >= 11 is 0. The molecule has 24 heavy (non-hydrogen) atoms. The Hall–Kier alpha value is -2.69. The number of aryl methyl sites for hydroxylation is 3. The molecule has 5 heteroatoms. The highest BCUT2D eigenvalue weighted by Crippen LogP contribution is 2.23. The number of aromatic nitrogens is 3. The molecular weight excluding hydrogens is 300 g/mol. The predicted octanol–water partition coefficient (Wildman–Crippen LogP) is 2.87. The molecule has 0 saturated heterocycles. The van der Waals surface area contributed by atoms with Crippen LogP contribution in [0.15, 0.2) is 30.3 Å². The second-order valence-electron chi connectivity index (χ2n) is 6.21. The Morgan fingerprint density at radius 2 is 1.92 bits per heavy atom. The van der Waals surface area contributed by atoms with E-state index in [1.807, 2.05) is 43.7 Å². The van der Waals surface area contributed by atoms with E-state index in [1.54, 1.807) is 0 Å². The molecule has 0 saturated carbocycles. The number of carbonyl (C=O) groups is 1. The second kappa shape index (κ2) is 6.43. The lowest BCUT2D eigenvalue weighted by molar-refractivity contribution is 0.0955. The van der Waals surface area contributed by atoms with Crippen molar-refractivity contribution in [3.05, 3.63) is 58.7 Å². The van der Waals surface area contributed by atoms with E-state index in [0.717, 1.165) is 33.5 Å². The Labute approximate surface area is 141 Å². The van der Waals surface area contributed by atoms with Crippen LogP contribution < -0.4 is 5.32 Å². The number of amides is 1. The lowest BCUT2D eigenvalue weighted by Crippen LogP contribution is -2.27. The van der Waals surface area contributed by atoms with Gasteiger partial charge in [0.1, 0.15) is 11.6 Å². The highest BCUT2D eigenvalue weighted by molar-refractivity contribution is 6.08. The Bertz CT molecular complexity index is 911. The first-order valence-electron chi connectivity index (χ1n) is 8.10. The van der Waals surface area contributed by atoms with Gasteiger partial charge in [0.25, 0.3) is 5.91 Å². The number of carbonyl (C=O) groups excluding carboxylic acids is 1. The molecule has 124 valence electrons. The third kappa shape index (κ3) is 3.02. The zero-order valence-corrected chi connectivity index (χ0v) is 14.6. The summed E-state index contributed by atoms with van der Waals surface area (Å²) in [6.07, 6.45) is 0.659. The van der Waals surface area contributed by atoms with E-state index in [9.17, 15) is 4.79 Å². The van der Waals surface area contributed by atoms with Crippen molar-refractivity contribution in [3.63, 3.8) is 0 Å². The highest BCUT2D eigenvalue weighted by atomic mass is 16.1. The van der Waals surface area contributed by atoms with E-state index in [4.69, 9.17) is 0 Å². The van der Waals surface area contributed by atoms with Crippen molar-refractivity contribution >= 4 is 16.7 Å². The van der Waals surface area contributed by atoms with E-state index in [0.29, 0.717) is 13.0 Å². The van der Waals surface area contributed by atoms with Gasteiger partial charge in [-0.2, -0.15) is 0 Å². The summed E-state index contributed by atoms with van der Waals surface area (Å²) in [7, 11) is 1.93. The molecule has 0 bridgehead atoms. The lowest BCUT2D eigenvalue weighted by Gasteiger charge is -2.11. The summed E-state index contributed by atoms with van der Waals surface area (Å²) < 4.78 is 1.94. The minimum absolute atomic E-state index is 0.0409. The van der Waals surface area contributed by atoms with Crippen molar-refractivity contribution in [2.75, 3.05) is 6.54 Å². The summed E-state index contributed by atoms with van der Waals surface area (Å²) in [5.41, 5.74) is 2.93. The van der Waals surface area contributed by atoms with E-state index < -0.39 is 0 Å². The minimum Gasteiger partial charge on any atom is -0.352 e. The van der Waals surface area contributed by atoms with Crippen LogP contribution in [0.4, 0.5) is 0 Å². The Kier molecular flexibility index (Phi) is 4.34. The monoisotopic (exact) mass is 322 g/mol. The summed E-state index contributed by atoms with van der Waals surface area (Å²) in [5, 5.41) is 13.3. The maximum Gasteiger partial charge on any atom is 0.252 e. The van der Waals surface area contributed by atoms with Gasteiger partial charge in [-0.3, -0.25) is 4.79 Å². The SMILES string of the molecule is Cc1ccc2c(C(=O)NCCc3nnc(C)n3C)c(C)ccc2c1. The van der Waals surface area contributed by atoms with Gasteiger partial charge in [0.2, 0.25) is 0 Å². The van der Waals surface area contributed by atoms with Gasteiger partial charge in [0, 0.05) is 20.0 Å². The van der Waals surface area contributed by atoms with E-state index in [1.165, 1.54) is 5.56 Å². The van der Waals surface area contributed by atoms with Crippen LogP contribution in [0.3, 0.4) is 0 Å². The number of hydrogen-bond donors (Lipinski definition) is 1. The first kappa shape index (κ1) is 16.2. The number of nitrogens with one attached hydrogen (secondary N) is 1. The van der Waals surface area contributed by atoms with Gasteiger partial charge in [-0.15, -0.1) is 10.2 Å². The van der Waals surface area contributed by atoms with Gasteiger partial charge in [0.15, 0.2) is 0 Å². The largest absolute Gasteiger partial charge is 0.352 e. The third-order valence-corrected chi connectivity index (χ3v) is 4.43. The van der Waals surface area contributed by atoms with E-state index in [-0.39, 0.29) is 5.91 Å². The molecule has 0 aliphatic heterocycles. The van der Waals surface area contributed by atoms with Gasteiger partial charge >= 0.3 is 0 Å². The molecule has 2 aromatic carbocycles. The van der Waals surface area contributed by atoms with Crippen molar-refractivity contribution in [1.82, 2.24) is 20.1 Å². The van der Waals surface area contributed by atoms with Crippen LogP contribution in [-0.2, 0) is 13.5 Å². The maximum absolute atomic E-state index is 12.7. The quantitative estimate of drug-likeness (QED) is 0.803. The molecule has 0 atom stereocenters. The zero-order chi connectivity index (χ0) is 17.3. The van der Waals surface area contributed by atoms with Gasteiger partial charge in [-0.1, -0.05) is 35.9 Å². The number of rotatable bonds is 4. The predicted molar refractivity (Wildman–Crippen MR) is 95.2 cm³/mol. The summed E-state index contributed by atoms with van der Waals surface area (Å²) in [5.74, 6) is 1.70. The average Bonchev–Trinajstić information content (AvgIpc) is 2.87. The Morgan fingerprint density at radius 3 is 2.62 bits per heavy atom. The minimum atomic E-state index is -0.0409. The first-order valence-corrected chi connectivity index (χ1v) is 8.10. The highest BCUT2D eigenvalue weighted by Gasteiger charge is 2.13. The Morgan fingerprint density at radius 1 is 1.12 bits per heavy atom. The maximum atomic E-state index is 12.7. The van der Waals surface area contributed by atoms with Crippen LogP contribution in [0.5, 0.6) is 0 Å². The molecule has 3 rings (SSSR count). The smallest absolute Gasteiger partial charge is 0.252 e. The molecule has 1 amide bonds. The van der Waals surface area contributed by atoms with Gasteiger partial charge < -0.3 is 9.88 Å². The molecule has 0 radical (unpaired) electrons. The van der Waals surface area contributed by atoms with Crippen molar-refractivity contribution in [1.29, 1.82) is 0 Å². The molecule has 3 aromatic rings. The van der Waals surface area contributed by atoms with Crippen LogP contribution in [0.2, 0.25) is 0 Å². The zero-order valence-electron chi connectivity index (χ0n) is 14.6. The van der Waals surface area contributed by atoms with Crippen LogP contribution in [0.25, 0.3) is 10.8 Å². The number of benzene rings is 2. The molecule has 0 aliphatic carbocycles. The van der Waals surface area contributed by atoms with E-state index in [2.05, 4.69) is 34.6 Å². The number of nitrogens with zero attached hydrogens (tertiary/aromatic N) is 3. The molecule has 1 heterocycles. The fourth-order valence-electron chi connectivity index (χ4n) is 2.90. The topological polar surface area (TPSA) is 59.8 Å². The molecule has 1 N–H and O–H groups in total. The molecule has 0 aliphatic rings. The second-order valence-corrected chi connectivity index (χ2v) is 6.21. The number of hydrogen-bond acceptors (Lipinski definition) is 3. The van der Waals surface area contributed by atoms with Crippen LogP contribution in [0, 0.1) is 20.8 Å². The van der Waals surface area contributed by atoms with Crippen LogP contribution in [0.1, 0.15) is 33.1 Å². The first-order chi connectivity index (χ1) is 11.5. The molecule has 0 spiro atoms. The molecular formula is C19H22N4O. The summed E-state index contributed by atoms with van der Waals surface area (Å²) in [6.45, 7) is 6.48. The fraction of sp³-hybridized carbons (Fsp3) is 0.316. The molecule has 0 unspecified atom stereocenters. The molecule has 0 fully saturated rings. The summed E-state index contributed by atoms with van der Waals surface area (Å²) in [4.78, 5) is 12.7. The van der Waals surface area contributed by atoms with Crippen molar-refractivity contribution in [3.8, 4) is 0 Å². The normalized spacial score (nSPS) is 11.0. The molecule has 1 aromatic heterocycles. The average molecular weight is 322 g/mol. The van der Waals surface area contributed by atoms with Gasteiger partial charge in [-0.25, -0.2) is 0 Å². The third-order valence-electron chi connectivity index (χ3n) is 4.43. The van der Waals surface area contributed by atoms with Gasteiger partial charge in [0.05, 0.1) is 5.56 Å². The van der Waals surface area contributed by atoms with Crippen molar-refractivity contribution < 1.29 is 4.79 Å². The van der Waals surface area contributed by atoms with Gasteiger partial charge in [-0.05, 0) is 37.1 Å². The Balaban J connectivity index is 1.79. The van der Waals surface area contributed by atoms with Crippen LogP contribution in [-0.4, -0.2) is 27.2 Å². The number of fused-ring (bicyclic) bond motifs is 1. The van der Waals surface area contributed by atoms with Crippen molar-refractivity contribution in [2.45, 2.75) is 27.2 Å². The standard InChI is InChI=1S/C19H22N4O/c1-12-5-8-16-15(11-12)7-6-13(2)18(16)19(24)20-10-9-17-22-21-14(3)23(17)4/h5-8,11H,9-10H2,1-4H3,(H,20,24). The van der Waals surface area contributed by atoms with Crippen molar-refractivity contribution in [2.24, 2.45) is 7.05 Å². The molecule has 5 nitrogen and oxygen atoms in total. The van der Waals surface area contributed by atoms with Crippen LogP contribution >= 0.6 is 0 Å². The van der Waals surface area contributed by atoms with E-state index >= 15 is 0 Å².